The highest BCUT2D eigenvalue weighted by molar-refractivity contribution is 5.97. The number of piperazine rings is 1. The molecule has 2 aliphatic rings. The number of carbonyl (C=O) groups excluding carboxylic acids is 2. The molecule has 0 unspecified atom stereocenters. The summed E-state index contributed by atoms with van der Waals surface area (Å²) in [5, 5.41) is 0. The Kier molecular flexibility index (Phi) is 2.77. The van der Waals surface area contributed by atoms with Gasteiger partial charge in [-0.2, -0.15) is 0 Å². The van der Waals surface area contributed by atoms with Gasteiger partial charge < -0.3 is 19.3 Å². The SMILES string of the molecule is CN1CCN(C(=O)c2ccc3c(c2)OCO3)CC1=O. The summed E-state index contributed by atoms with van der Waals surface area (Å²) in [5.74, 6) is 1.03. The number of likely N-dealkylation sites (N-methyl/N-ethyl adjacent to an activating group) is 1. The lowest BCUT2D eigenvalue weighted by molar-refractivity contribution is -0.133. The number of amides is 2. The van der Waals surface area contributed by atoms with Gasteiger partial charge in [-0.1, -0.05) is 0 Å². The first-order valence-electron chi connectivity index (χ1n) is 6.08. The summed E-state index contributed by atoms with van der Waals surface area (Å²) in [6.45, 7) is 1.42. The zero-order chi connectivity index (χ0) is 13.4. The van der Waals surface area contributed by atoms with Crippen LogP contribution in [0.25, 0.3) is 0 Å². The van der Waals surface area contributed by atoms with E-state index in [-0.39, 0.29) is 25.2 Å². The Morgan fingerprint density at radius 3 is 2.79 bits per heavy atom. The average Bonchev–Trinajstić information content (AvgIpc) is 2.88. The van der Waals surface area contributed by atoms with Crippen molar-refractivity contribution in [2.45, 2.75) is 0 Å². The van der Waals surface area contributed by atoms with Crippen LogP contribution in [0.3, 0.4) is 0 Å². The first kappa shape index (κ1) is 11.8. The second-order valence-corrected chi connectivity index (χ2v) is 4.61. The van der Waals surface area contributed by atoms with Crippen molar-refractivity contribution in [3.05, 3.63) is 23.8 Å². The highest BCUT2D eigenvalue weighted by Gasteiger charge is 2.26. The molecule has 0 aliphatic carbocycles. The molecule has 19 heavy (non-hydrogen) atoms. The van der Waals surface area contributed by atoms with Crippen LogP contribution in [0, 0.1) is 0 Å². The Hall–Kier alpha value is -2.24. The van der Waals surface area contributed by atoms with Gasteiger partial charge in [0.05, 0.1) is 0 Å². The molecule has 1 aromatic rings. The molecule has 2 amide bonds. The molecule has 0 bridgehead atoms. The lowest BCUT2D eigenvalue weighted by atomic mass is 10.1. The molecule has 6 heteroatoms. The Morgan fingerprint density at radius 1 is 1.21 bits per heavy atom. The van der Waals surface area contributed by atoms with Crippen LogP contribution < -0.4 is 9.47 Å². The first-order chi connectivity index (χ1) is 9.15. The molecule has 3 rings (SSSR count). The van der Waals surface area contributed by atoms with Crippen molar-refractivity contribution < 1.29 is 19.1 Å². The van der Waals surface area contributed by atoms with Crippen molar-refractivity contribution in [2.75, 3.05) is 33.5 Å². The largest absolute Gasteiger partial charge is 0.454 e. The van der Waals surface area contributed by atoms with Gasteiger partial charge in [0.1, 0.15) is 6.54 Å². The van der Waals surface area contributed by atoms with Gasteiger partial charge in [0, 0.05) is 25.7 Å². The van der Waals surface area contributed by atoms with Gasteiger partial charge in [0.15, 0.2) is 11.5 Å². The Morgan fingerprint density at radius 2 is 2.00 bits per heavy atom. The third-order valence-electron chi connectivity index (χ3n) is 3.36. The molecule has 0 aromatic heterocycles. The third-order valence-corrected chi connectivity index (χ3v) is 3.36. The fourth-order valence-electron chi connectivity index (χ4n) is 2.14. The number of fused-ring (bicyclic) bond motifs is 1. The van der Waals surface area contributed by atoms with E-state index in [2.05, 4.69) is 0 Å². The van der Waals surface area contributed by atoms with Crippen LogP contribution in [-0.4, -0.2) is 55.1 Å². The Bertz CT molecular complexity index is 543. The Labute approximate surface area is 110 Å². The number of ether oxygens (including phenoxy) is 2. The second-order valence-electron chi connectivity index (χ2n) is 4.61. The van der Waals surface area contributed by atoms with Gasteiger partial charge in [-0.3, -0.25) is 9.59 Å². The van der Waals surface area contributed by atoms with Crippen LogP contribution in [0.4, 0.5) is 0 Å². The maximum atomic E-state index is 12.3. The summed E-state index contributed by atoms with van der Waals surface area (Å²) < 4.78 is 10.4. The summed E-state index contributed by atoms with van der Waals surface area (Å²) in [6.07, 6.45) is 0. The predicted octanol–water partition coefficient (Wildman–Crippen LogP) is 0.329. The van der Waals surface area contributed by atoms with Gasteiger partial charge in [0.25, 0.3) is 5.91 Å². The van der Waals surface area contributed by atoms with Crippen LogP contribution in [0.1, 0.15) is 10.4 Å². The molecule has 0 atom stereocenters. The van der Waals surface area contributed by atoms with Crippen LogP contribution >= 0.6 is 0 Å². The highest BCUT2D eigenvalue weighted by atomic mass is 16.7. The Balaban J connectivity index is 1.79. The molecule has 0 N–H and O–H groups in total. The van der Waals surface area contributed by atoms with E-state index in [1.165, 1.54) is 0 Å². The van der Waals surface area contributed by atoms with Crippen LogP contribution in [0.15, 0.2) is 18.2 Å². The van der Waals surface area contributed by atoms with Crippen molar-refractivity contribution in [3.63, 3.8) is 0 Å². The number of benzene rings is 1. The molecule has 0 saturated carbocycles. The van der Waals surface area contributed by atoms with Crippen molar-refractivity contribution in [1.82, 2.24) is 9.80 Å². The standard InChI is InChI=1S/C13H14N2O4/c1-14-4-5-15(7-12(14)16)13(17)9-2-3-10-11(6-9)19-8-18-10/h2-3,6H,4-5,7-8H2,1H3. The van der Waals surface area contributed by atoms with Crippen molar-refractivity contribution in [1.29, 1.82) is 0 Å². The maximum absolute atomic E-state index is 12.3. The molecule has 0 radical (unpaired) electrons. The number of carbonyl (C=O) groups is 2. The molecule has 1 saturated heterocycles. The molecule has 6 nitrogen and oxygen atoms in total. The first-order valence-corrected chi connectivity index (χ1v) is 6.08. The molecule has 2 heterocycles. The molecule has 2 aliphatic heterocycles. The lowest BCUT2D eigenvalue weighted by Crippen LogP contribution is -2.50. The summed E-state index contributed by atoms with van der Waals surface area (Å²) in [7, 11) is 1.74. The van der Waals surface area contributed by atoms with E-state index in [9.17, 15) is 9.59 Å². The zero-order valence-electron chi connectivity index (χ0n) is 10.6. The molecule has 0 spiro atoms. The fraction of sp³-hybridized carbons (Fsp3) is 0.385. The topological polar surface area (TPSA) is 59.1 Å². The number of nitrogens with zero attached hydrogens (tertiary/aromatic N) is 2. The molecule has 1 aromatic carbocycles. The summed E-state index contributed by atoms with van der Waals surface area (Å²) in [6, 6.07) is 5.07. The quantitative estimate of drug-likeness (QED) is 0.732. The maximum Gasteiger partial charge on any atom is 0.254 e. The van der Waals surface area contributed by atoms with Crippen LogP contribution in [0.2, 0.25) is 0 Å². The van der Waals surface area contributed by atoms with E-state index >= 15 is 0 Å². The van der Waals surface area contributed by atoms with Gasteiger partial charge >= 0.3 is 0 Å². The van der Waals surface area contributed by atoms with Gasteiger partial charge in [-0.25, -0.2) is 0 Å². The van der Waals surface area contributed by atoms with Crippen LogP contribution in [0.5, 0.6) is 11.5 Å². The fourth-order valence-corrected chi connectivity index (χ4v) is 2.14. The van der Waals surface area contributed by atoms with Crippen molar-refractivity contribution >= 4 is 11.8 Å². The minimum atomic E-state index is -0.153. The van der Waals surface area contributed by atoms with E-state index in [1.54, 1.807) is 35.0 Å². The van der Waals surface area contributed by atoms with Crippen molar-refractivity contribution in [3.8, 4) is 11.5 Å². The predicted molar refractivity (Wildman–Crippen MR) is 66.1 cm³/mol. The molecular weight excluding hydrogens is 248 g/mol. The van der Waals surface area contributed by atoms with Gasteiger partial charge in [0.2, 0.25) is 12.7 Å². The minimum Gasteiger partial charge on any atom is -0.454 e. The number of rotatable bonds is 1. The number of hydrogen-bond donors (Lipinski definition) is 0. The summed E-state index contributed by atoms with van der Waals surface area (Å²) in [4.78, 5) is 27.1. The molecule has 100 valence electrons. The minimum absolute atomic E-state index is 0.0413. The summed E-state index contributed by atoms with van der Waals surface area (Å²) >= 11 is 0. The van der Waals surface area contributed by atoms with E-state index in [0.29, 0.717) is 30.2 Å². The molecular formula is C13H14N2O4. The number of hydrogen-bond acceptors (Lipinski definition) is 4. The second kappa shape index (κ2) is 4.46. The van der Waals surface area contributed by atoms with E-state index in [4.69, 9.17) is 9.47 Å². The van der Waals surface area contributed by atoms with E-state index < -0.39 is 0 Å². The smallest absolute Gasteiger partial charge is 0.254 e. The van der Waals surface area contributed by atoms with Gasteiger partial charge in [-0.05, 0) is 18.2 Å². The van der Waals surface area contributed by atoms with Gasteiger partial charge in [-0.15, -0.1) is 0 Å². The normalized spacial score (nSPS) is 17.8. The lowest BCUT2D eigenvalue weighted by Gasteiger charge is -2.32. The van der Waals surface area contributed by atoms with E-state index in [0.717, 1.165) is 0 Å². The summed E-state index contributed by atoms with van der Waals surface area (Å²) in [5.41, 5.74) is 0.515. The highest BCUT2D eigenvalue weighted by Crippen LogP contribution is 2.32. The molecule has 1 fully saturated rings. The monoisotopic (exact) mass is 262 g/mol. The van der Waals surface area contributed by atoms with Crippen LogP contribution in [-0.2, 0) is 4.79 Å². The average molecular weight is 262 g/mol. The third kappa shape index (κ3) is 2.09. The van der Waals surface area contributed by atoms with Crippen molar-refractivity contribution in [2.24, 2.45) is 0 Å². The van der Waals surface area contributed by atoms with E-state index in [1.807, 2.05) is 0 Å². The zero-order valence-corrected chi connectivity index (χ0v) is 10.6.